The van der Waals surface area contributed by atoms with E-state index in [9.17, 15) is 9.59 Å². The lowest BCUT2D eigenvalue weighted by atomic mass is 10.1. The molecule has 0 radical (unpaired) electrons. The largest absolute Gasteiger partial charge is 0.343 e. The van der Waals surface area contributed by atoms with Crippen LogP contribution in [-0.4, -0.2) is 35.3 Å². The summed E-state index contributed by atoms with van der Waals surface area (Å²) in [5.74, 6) is -0.191. The van der Waals surface area contributed by atoms with Crippen LogP contribution >= 0.6 is 15.9 Å². The molecule has 1 N–H and O–H groups in total. The van der Waals surface area contributed by atoms with Gasteiger partial charge in [-0.15, -0.1) is 0 Å². The average Bonchev–Trinajstić information content (AvgIpc) is 2.09. The molecular formula is C9H13BrN2O2. The molecule has 1 aliphatic rings. The molecule has 0 aromatic rings. The summed E-state index contributed by atoms with van der Waals surface area (Å²) in [6, 6.07) is -0.862. The zero-order chi connectivity index (χ0) is 10.9. The third-order valence-corrected chi connectivity index (χ3v) is 2.45. The van der Waals surface area contributed by atoms with Gasteiger partial charge in [0.25, 0.3) is 0 Å². The van der Waals surface area contributed by atoms with E-state index in [1.165, 1.54) is 4.90 Å². The van der Waals surface area contributed by atoms with Gasteiger partial charge >= 0.3 is 0 Å². The summed E-state index contributed by atoms with van der Waals surface area (Å²) >= 11 is 3.18. The monoisotopic (exact) mass is 260 g/mol. The molecule has 0 aromatic heterocycles. The number of hydrogen-bond donors (Lipinski definition) is 1. The molecule has 0 bridgehead atoms. The summed E-state index contributed by atoms with van der Waals surface area (Å²) in [6.07, 6.45) is 0. The number of halogens is 1. The van der Waals surface area contributed by atoms with Crippen molar-refractivity contribution in [1.82, 2.24) is 10.2 Å². The van der Waals surface area contributed by atoms with Gasteiger partial charge in [0, 0.05) is 4.48 Å². The minimum atomic E-state index is -0.439. The third kappa shape index (κ3) is 2.15. The van der Waals surface area contributed by atoms with Gasteiger partial charge in [0.2, 0.25) is 11.8 Å². The molecular weight excluding hydrogens is 248 g/mol. The smallest absolute Gasteiger partial charge is 0.245 e. The highest BCUT2D eigenvalue weighted by Gasteiger charge is 2.35. The lowest BCUT2D eigenvalue weighted by Gasteiger charge is -2.35. The number of nitrogens with one attached hydrogen (secondary N) is 1. The second-order valence-corrected chi connectivity index (χ2v) is 4.51. The summed E-state index contributed by atoms with van der Waals surface area (Å²) in [7, 11) is 0. The Morgan fingerprint density at radius 2 is 2.14 bits per heavy atom. The van der Waals surface area contributed by atoms with E-state index in [2.05, 4.69) is 27.8 Å². The van der Waals surface area contributed by atoms with Gasteiger partial charge < -0.3 is 10.2 Å². The lowest BCUT2D eigenvalue weighted by molar-refractivity contribution is -0.147. The van der Waals surface area contributed by atoms with Crippen molar-refractivity contribution >= 4 is 27.7 Å². The van der Waals surface area contributed by atoms with Gasteiger partial charge in [-0.25, -0.2) is 0 Å². The fraction of sp³-hybridized carbons (Fsp3) is 0.556. The van der Waals surface area contributed by atoms with Crippen molar-refractivity contribution in [3.05, 3.63) is 11.1 Å². The quantitative estimate of drug-likeness (QED) is 0.792. The number of nitrogens with zero attached hydrogens (tertiary/aromatic N) is 1. The first-order valence-electron chi connectivity index (χ1n) is 4.37. The van der Waals surface area contributed by atoms with E-state index >= 15 is 0 Å². The summed E-state index contributed by atoms with van der Waals surface area (Å²) in [6.45, 7) is 7.41. The maximum atomic E-state index is 11.7. The minimum Gasteiger partial charge on any atom is -0.343 e. The first kappa shape index (κ1) is 11.2. The van der Waals surface area contributed by atoms with Crippen LogP contribution in [0.1, 0.15) is 13.8 Å². The van der Waals surface area contributed by atoms with E-state index in [0.717, 1.165) is 0 Å². The SMILES string of the molecule is C=C(Br)CN1C(=O)C(C)NC(=O)C1C. The van der Waals surface area contributed by atoms with Gasteiger partial charge in [-0.3, -0.25) is 9.59 Å². The fourth-order valence-corrected chi connectivity index (χ4v) is 1.65. The summed E-state index contributed by atoms with van der Waals surface area (Å²) in [5, 5.41) is 2.61. The van der Waals surface area contributed by atoms with Crippen molar-refractivity contribution in [1.29, 1.82) is 0 Å². The molecule has 1 saturated heterocycles. The Morgan fingerprint density at radius 3 is 2.64 bits per heavy atom. The molecule has 2 amide bonds. The second-order valence-electron chi connectivity index (χ2n) is 3.39. The molecule has 0 aromatic carbocycles. The third-order valence-electron chi connectivity index (χ3n) is 2.20. The number of piperazine rings is 1. The highest BCUT2D eigenvalue weighted by atomic mass is 79.9. The summed E-state index contributed by atoms with van der Waals surface area (Å²) in [4.78, 5) is 24.6. The van der Waals surface area contributed by atoms with Crippen molar-refractivity contribution in [2.75, 3.05) is 6.54 Å². The number of amides is 2. The number of rotatable bonds is 2. The van der Waals surface area contributed by atoms with Gasteiger partial charge in [-0.1, -0.05) is 22.5 Å². The van der Waals surface area contributed by atoms with Crippen LogP contribution < -0.4 is 5.32 Å². The van der Waals surface area contributed by atoms with Crippen LogP contribution in [0.25, 0.3) is 0 Å². The molecule has 2 unspecified atom stereocenters. The van der Waals surface area contributed by atoms with E-state index in [0.29, 0.717) is 11.0 Å². The Balaban J connectivity index is 2.82. The highest BCUT2D eigenvalue weighted by Crippen LogP contribution is 2.13. The maximum absolute atomic E-state index is 11.7. The van der Waals surface area contributed by atoms with Crippen LogP contribution in [0.4, 0.5) is 0 Å². The van der Waals surface area contributed by atoms with Crippen LogP contribution in [0.2, 0.25) is 0 Å². The van der Waals surface area contributed by atoms with Crippen molar-refractivity contribution in [2.24, 2.45) is 0 Å². The molecule has 0 saturated carbocycles. The lowest BCUT2D eigenvalue weighted by Crippen LogP contribution is -2.61. The Kier molecular flexibility index (Phi) is 3.31. The number of carbonyl (C=O) groups excluding carboxylic acids is 2. The zero-order valence-electron chi connectivity index (χ0n) is 8.21. The van der Waals surface area contributed by atoms with Gasteiger partial charge in [0.15, 0.2) is 0 Å². The average molecular weight is 261 g/mol. The van der Waals surface area contributed by atoms with E-state index in [1.54, 1.807) is 13.8 Å². The van der Waals surface area contributed by atoms with Crippen LogP contribution in [0.3, 0.4) is 0 Å². The first-order valence-corrected chi connectivity index (χ1v) is 5.17. The second kappa shape index (κ2) is 4.13. The highest BCUT2D eigenvalue weighted by molar-refractivity contribution is 9.11. The fourth-order valence-electron chi connectivity index (χ4n) is 1.38. The Labute approximate surface area is 91.5 Å². The van der Waals surface area contributed by atoms with Gasteiger partial charge in [-0.2, -0.15) is 0 Å². The van der Waals surface area contributed by atoms with Crippen LogP contribution in [0.15, 0.2) is 11.1 Å². The Hall–Kier alpha value is -0.840. The molecule has 1 fully saturated rings. The maximum Gasteiger partial charge on any atom is 0.245 e. The van der Waals surface area contributed by atoms with Crippen LogP contribution in [0.5, 0.6) is 0 Å². The van der Waals surface area contributed by atoms with Crippen LogP contribution in [-0.2, 0) is 9.59 Å². The van der Waals surface area contributed by atoms with E-state index in [4.69, 9.17) is 0 Å². The van der Waals surface area contributed by atoms with Gasteiger partial charge in [0.05, 0.1) is 6.54 Å². The van der Waals surface area contributed by atoms with Crippen molar-refractivity contribution < 1.29 is 9.59 Å². The van der Waals surface area contributed by atoms with E-state index in [-0.39, 0.29) is 11.8 Å². The zero-order valence-corrected chi connectivity index (χ0v) is 9.80. The standard InChI is InChI=1S/C9H13BrN2O2/c1-5(10)4-12-7(3)8(13)11-6(2)9(12)14/h6-7H,1,4H2,2-3H3,(H,11,13). The van der Waals surface area contributed by atoms with Crippen molar-refractivity contribution in [3.8, 4) is 0 Å². The number of carbonyl (C=O) groups is 2. The first-order chi connectivity index (χ1) is 6.43. The molecule has 0 spiro atoms. The molecule has 1 heterocycles. The van der Waals surface area contributed by atoms with Gasteiger partial charge in [0.1, 0.15) is 12.1 Å². The number of hydrogen-bond acceptors (Lipinski definition) is 2. The van der Waals surface area contributed by atoms with Gasteiger partial charge in [-0.05, 0) is 13.8 Å². The van der Waals surface area contributed by atoms with Crippen LogP contribution in [0, 0.1) is 0 Å². The summed E-state index contributed by atoms with van der Waals surface area (Å²) < 4.78 is 0.694. The minimum absolute atomic E-state index is 0.0716. The molecule has 1 aliphatic heterocycles. The predicted molar refractivity (Wildman–Crippen MR) is 56.8 cm³/mol. The molecule has 78 valence electrons. The Morgan fingerprint density at radius 1 is 1.57 bits per heavy atom. The van der Waals surface area contributed by atoms with Crippen molar-refractivity contribution in [2.45, 2.75) is 25.9 Å². The predicted octanol–water partition coefficient (Wildman–Crippen LogP) is 0.630. The molecule has 0 aliphatic carbocycles. The van der Waals surface area contributed by atoms with E-state index < -0.39 is 12.1 Å². The summed E-state index contributed by atoms with van der Waals surface area (Å²) in [5.41, 5.74) is 0. The Bertz CT molecular complexity index is 291. The molecule has 1 rings (SSSR count). The molecule has 4 nitrogen and oxygen atoms in total. The topological polar surface area (TPSA) is 49.4 Å². The van der Waals surface area contributed by atoms with E-state index in [1.807, 2.05) is 0 Å². The molecule has 5 heteroatoms. The van der Waals surface area contributed by atoms with Crippen molar-refractivity contribution in [3.63, 3.8) is 0 Å². The molecule has 14 heavy (non-hydrogen) atoms. The normalized spacial score (nSPS) is 27.5. The molecule has 2 atom stereocenters.